The maximum atomic E-state index is 11.7. The van der Waals surface area contributed by atoms with Gasteiger partial charge in [0.15, 0.2) is 0 Å². The van der Waals surface area contributed by atoms with Gasteiger partial charge in [-0.3, -0.25) is 0 Å². The molecule has 4 heteroatoms. The minimum absolute atomic E-state index is 0.263. The van der Waals surface area contributed by atoms with Crippen molar-refractivity contribution in [3.63, 3.8) is 0 Å². The normalized spacial score (nSPS) is 19.9. The molecular weight excluding hydrogens is 220 g/mol. The lowest BCUT2D eigenvalue weighted by Crippen LogP contribution is -2.26. The number of carboxylic acids is 1. The van der Waals surface area contributed by atoms with E-state index in [0.29, 0.717) is 11.5 Å². The molecule has 0 aromatic carbocycles. The monoisotopic (exact) mass is 239 g/mol. The van der Waals surface area contributed by atoms with E-state index in [4.69, 9.17) is 4.74 Å². The van der Waals surface area contributed by atoms with E-state index in [-0.39, 0.29) is 13.0 Å². The van der Waals surface area contributed by atoms with Gasteiger partial charge in [-0.25, -0.2) is 4.79 Å². The Morgan fingerprint density at radius 2 is 1.94 bits per heavy atom. The summed E-state index contributed by atoms with van der Waals surface area (Å²) in [6, 6.07) is 0. The largest absolute Gasteiger partial charge is 0.550 e. The van der Waals surface area contributed by atoms with E-state index in [0.717, 1.165) is 31.3 Å². The van der Waals surface area contributed by atoms with Crippen molar-refractivity contribution in [3.8, 4) is 0 Å². The highest BCUT2D eigenvalue weighted by molar-refractivity contribution is 5.93. The second kappa shape index (κ2) is 6.42. The van der Waals surface area contributed by atoms with Gasteiger partial charge in [0.25, 0.3) is 0 Å². The molecule has 1 fully saturated rings. The van der Waals surface area contributed by atoms with Crippen LogP contribution in [0.1, 0.15) is 46.0 Å². The third-order valence-corrected chi connectivity index (χ3v) is 3.15. The Hall–Kier alpha value is -1.32. The van der Waals surface area contributed by atoms with Gasteiger partial charge in [-0.2, -0.15) is 0 Å². The fourth-order valence-electron chi connectivity index (χ4n) is 2.12. The second-order valence-corrected chi connectivity index (χ2v) is 4.53. The van der Waals surface area contributed by atoms with E-state index in [1.165, 1.54) is 0 Å². The summed E-state index contributed by atoms with van der Waals surface area (Å²) in [5.41, 5.74) is 1.24. The molecule has 96 valence electrons. The lowest BCUT2D eigenvalue weighted by atomic mass is 9.84. The molecule has 0 aliphatic heterocycles. The molecule has 0 aromatic heterocycles. The Morgan fingerprint density at radius 3 is 2.41 bits per heavy atom. The van der Waals surface area contributed by atoms with Crippen LogP contribution in [0.15, 0.2) is 11.1 Å². The fourth-order valence-corrected chi connectivity index (χ4v) is 2.12. The average molecular weight is 239 g/mol. The fraction of sp³-hybridized carbons (Fsp3) is 0.692. The molecular formula is C13H19O4-. The maximum absolute atomic E-state index is 11.7. The zero-order valence-electron chi connectivity index (χ0n) is 10.5. The quantitative estimate of drug-likeness (QED) is 0.546. The topological polar surface area (TPSA) is 66.4 Å². The Morgan fingerprint density at radius 1 is 1.35 bits per heavy atom. The van der Waals surface area contributed by atoms with E-state index >= 15 is 0 Å². The SMILES string of the molecule is CCOC(=O)C(CC(=O)[O-])=C1CCC(C)CC1. The van der Waals surface area contributed by atoms with Crippen molar-refractivity contribution in [1.29, 1.82) is 0 Å². The number of allylic oxidation sites excluding steroid dienone is 1. The van der Waals surface area contributed by atoms with Crippen molar-refractivity contribution in [3.05, 3.63) is 11.1 Å². The maximum Gasteiger partial charge on any atom is 0.334 e. The van der Waals surface area contributed by atoms with Crippen LogP contribution in [0.25, 0.3) is 0 Å². The van der Waals surface area contributed by atoms with Crippen molar-refractivity contribution in [2.45, 2.75) is 46.0 Å². The van der Waals surface area contributed by atoms with Gasteiger partial charge in [0.05, 0.1) is 6.61 Å². The number of carboxylic acid groups (broad SMARTS) is 1. The highest BCUT2D eigenvalue weighted by Crippen LogP contribution is 2.31. The lowest BCUT2D eigenvalue weighted by Gasteiger charge is -2.23. The molecule has 0 heterocycles. The first kappa shape index (κ1) is 13.7. The van der Waals surface area contributed by atoms with Gasteiger partial charge in [-0.15, -0.1) is 0 Å². The van der Waals surface area contributed by atoms with E-state index in [9.17, 15) is 14.7 Å². The number of aliphatic carboxylic acids is 1. The highest BCUT2D eigenvalue weighted by atomic mass is 16.5. The van der Waals surface area contributed by atoms with Crippen molar-refractivity contribution < 1.29 is 19.4 Å². The number of hydrogen-bond acceptors (Lipinski definition) is 4. The number of carbonyl (C=O) groups is 2. The molecule has 0 aromatic rings. The van der Waals surface area contributed by atoms with Crippen LogP contribution in [-0.4, -0.2) is 18.5 Å². The first-order valence-electron chi connectivity index (χ1n) is 6.12. The lowest BCUT2D eigenvalue weighted by molar-refractivity contribution is -0.304. The molecule has 1 saturated carbocycles. The smallest absolute Gasteiger partial charge is 0.334 e. The second-order valence-electron chi connectivity index (χ2n) is 4.53. The predicted octanol–water partition coefficient (Wildman–Crippen LogP) is 1.20. The number of ether oxygens (including phenoxy) is 1. The Bertz CT molecular complexity index is 320. The zero-order chi connectivity index (χ0) is 12.8. The Labute approximate surface area is 102 Å². The van der Waals surface area contributed by atoms with Crippen LogP contribution in [0.3, 0.4) is 0 Å². The van der Waals surface area contributed by atoms with Gasteiger partial charge >= 0.3 is 5.97 Å². The molecule has 1 aliphatic rings. The van der Waals surface area contributed by atoms with Gasteiger partial charge in [-0.05, 0) is 38.5 Å². The first-order chi connectivity index (χ1) is 8.04. The number of esters is 1. The number of rotatable bonds is 4. The third-order valence-electron chi connectivity index (χ3n) is 3.15. The van der Waals surface area contributed by atoms with Crippen LogP contribution in [-0.2, 0) is 14.3 Å². The van der Waals surface area contributed by atoms with Crippen LogP contribution in [0.2, 0.25) is 0 Å². The van der Waals surface area contributed by atoms with Crippen LogP contribution in [0, 0.1) is 5.92 Å². The van der Waals surface area contributed by atoms with E-state index in [2.05, 4.69) is 6.92 Å². The standard InChI is InChI=1S/C13H20O4/c1-3-17-13(16)11(8-12(14)15)10-6-4-9(2)5-7-10/h9H,3-8H2,1-2H3,(H,14,15)/p-1. The molecule has 0 unspecified atom stereocenters. The molecule has 0 radical (unpaired) electrons. The van der Waals surface area contributed by atoms with Crippen LogP contribution in [0.4, 0.5) is 0 Å². The molecule has 4 nitrogen and oxygen atoms in total. The summed E-state index contributed by atoms with van der Waals surface area (Å²) in [5.74, 6) is -1.08. The van der Waals surface area contributed by atoms with Crippen LogP contribution < -0.4 is 5.11 Å². The molecule has 0 amide bonds. The summed E-state index contributed by atoms with van der Waals surface area (Å²) in [6.07, 6.45) is 3.27. The zero-order valence-corrected chi connectivity index (χ0v) is 10.5. The van der Waals surface area contributed by atoms with Crippen molar-refractivity contribution >= 4 is 11.9 Å². The Kier molecular flexibility index (Phi) is 5.19. The summed E-state index contributed by atoms with van der Waals surface area (Å²) >= 11 is 0. The molecule has 0 bridgehead atoms. The van der Waals surface area contributed by atoms with Gasteiger partial charge < -0.3 is 14.6 Å². The highest BCUT2D eigenvalue weighted by Gasteiger charge is 2.21. The van der Waals surface area contributed by atoms with E-state index in [1.54, 1.807) is 6.92 Å². The minimum atomic E-state index is -1.22. The van der Waals surface area contributed by atoms with Gasteiger partial charge in [0.1, 0.15) is 0 Å². The first-order valence-corrected chi connectivity index (χ1v) is 6.12. The van der Waals surface area contributed by atoms with E-state index < -0.39 is 11.9 Å². The molecule has 0 saturated heterocycles. The summed E-state index contributed by atoms with van der Waals surface area (Å²) in [6.45, 7) is 4.14. The molecule has 0 N–H and O–H groups in total. The van der Waals surface area contributed by atoms with Crippen molar-refractivity contribution in [1.82, 2.24) is 0 Å². The summed E-state index contributed by atoms with van der Waals surface area (Å²) in [5, 5.41) is 10.7. The van der Waals surface area contributed by atoms with E-state index in [1.807, 2.05) is 0 Å². The van der Waals surface area contributed by atoms with Crippen molar-refractivity contribution in [2.75, 3.05) is 6.61 Å². The predicted molar refractivity (Wildman–Crippen MR) is 60.9 cm³/mol. The minimum Gasteiger partial charge on any atom is -0.550 e. The molecule has 1 aliphatic carbocycles. The van der Waals surface area contributed by atoms with Crippen LogP contribution >= 0.6 is 0 Å². The van der Waals surface area contributed by atoms with Crippen molar-refractivity contribution in [2.24, 2.45) is 5.92 Å². The number of carbonyl (C=O) groups excluding carboxylic acids is 2. The third kappa shape index (κ3) is 4.21. The summed E-state index contributed by atoms with van der Waals surface area (Å²) < 4.78 is 4.90. The number of hydrogen-bond donors (Lipinski definition) is 0. The summed E-state index contributed by atoms with van der Waals surface area (Å²) in [4.78, 5) is 22.4. The molecule has 1 rings (SSSR count). The summed E-state index contributed by atoms with van der Waals surface area (Å²) in [7, 11) is 0. The van der Waals surface area contributed by atoms with Gasteiger partial charge in [-0.1, -0.05) is 12.5 Å². The molecule has 17 heavy (non-hydrogen) atoms. The Balaban J connectivity index is 2.84. The van der Waals surface area contributed by atoms with Gasteiger partial charge in [0.2, 0.25) is 0 Å². The average Bonchev–Trinajstić information content (AvgIpc) is 2.27. The van der Waals surface area contributed by atoms with Gasteiger partial charge in [0, 0.05) is 18.0 Å². The molecule has 0 spiro atoms. The molecule has 0 atom stereocenters. The van der Waals surface area contributed by atoms with Crippen LogP contribution in [0.5, 0.6) is 0 Å².